The van der Waals surface area contributed by atoms with Gasteiger partial charge in [-0.15, -0.1) is 0 Å². The van der Waals surface area contributed by atoms with Crippen molar-refractivity contribution in [1.29, 1.82) is 0 Å². The highest BCUT2D eigenvalue weighted by molar-refractivity contribution is 5.79. The molecule has 0 atom stereocenters. The smallest absolute Gasteiger partial charge is 0.410 e. The summed E-state index contributed by atoms with van der Waals surface area (Å²) < 4.78 is 7.47. The van der Waals surface area contributed by atoms with Gasteiger partial charge in [0, 0.05) is 46.0 Å². The summed E-state index contributed by atoms with van der Waals surface area (Å²) in [5.41, 5.74) is 0.713. The molecular weight excluding hydrogens is 368 g/mol. The Morgan fingerprint density at radius 1 is 1.38 bits per heavy atom. The van der Waals surface area contributed by atoms with E-state index in [1.54, 1.807) is 0 Å². The summed E-state index contributed by atoms with van der Waals surface area (Å²) in [5.74, 6) is 1.43. The van der Waals surface area contributed by atoms with Gasteiger partial charge < -0.3 is 19.9 Å². The molecule has 0 aliphatic carbocycles. The van der Waals surface area contributed by atoms with Gasteiger partial charge in [0.25, 0.3) is 0 Å². The predicted molar refractivity (Wildman–Crippen MR) is 116 cm³/mol. The SMILES string of the molecule is CCN(CC1CCN(C(=NC)NCCn2cc(C)cn2)CC1)C(=O)OC(C)(C)C. The van der Waals surface area contributed by atoms with Crippen LogP contribution in [-0.4, -0.2) is 77.0 Å². The third-order valence-electron chi connectivity index (χ3n) is 5.02. The molecule has 1 aromatic rings. The average molecular weight is 407 g/mol. The molecule has 2 rings (SSSR count). The van der Waals surface area contributed by atoms with Crippen molar-refractivity contribution in [3.05, 3.63) is 18.0 Å². The topological polar surface area (TPSA) is 75.0 Å². The molecule has 1 saturated heterocycles. The standard InChI is InChI=1S/C21H38N6O2/c1-7-25(20(28)29-21(3,4)5)16-18-8-11-26(12-9-18)19(22-6)23-10-13-27-15-17(2)14-24-27/h14-15,18H,7-13,16H2,1-6H3,(H,22,23). The van der Waals surface area contributed by atoms with Gasteiger partial charge in [0.1, 0.15) is 5.60 Å². The Morgan fingerprint density at radius 3 is 2.59 bits per heavy atom. The van der Waals surface area contributed by atoms with E-state index in [4.69, 9.17) is 4.74 Å². The maximum atomic E-state index is 12.4. The lowest BCUT2D eigenvalue weighted by atomic mass is 9.96. The summed E-state index contributed by atoms with van der Waals surface area (Å²) in [4.78, 5) is 20.9. The first-order valence-electron chi connectivity index (χ1n) is 10.6. The van der Waals surface area contributed by atoms with Gasteiger partial charge in [-0.2, -0.15) is 5.10 Å². The molecule has 1 aromatic heterocycles. The number of aryl methyl sites for hydroxylation is 1. The summed E-state index contributed by atoms with van der Waals surface area (Å²) in [6.07, 6.45) is 5.78. The molecule has 8 heteroatoms. The highest BCUT2D eigenvalue weighted by Crippen LogP contribution is 2.20. The molecule has 164 valence electrons. The Kier molecular flexibility index (Phi) is 8.34. The summed E-state index contributed by atoms with van der Waals surface area (Å²) in [7, 11) is 1.83. The van der Waals surface area contributed by atoms with E-state index in [1.165, 1.54) is 5.56 Å². The lowest BCUT2D eigenvalue weighted by molar-refractivity contribution is 0.0214. The molecule has 29 heavy (non-hydrogen) atoms. The van der Waals surface area contributed by atoms with Crippen molar-refractivity contribution < 1.29 is 9.53 Å². The third-order valence-corrected chi connectivity index (χ3v) is 5.02. The zero-order chi connectivity index (χ0) is 21.4. The van der Waals surface area contributed by atoms with Crippen molar-refractivity contribution >= 4 is 12.1 Å². The molecule has 0 bridgehead atoms. The molecule has 0 radical (unpaired) electrons. The second-order valence-electron chi connectivity index (χ2n) is 8.70. The highest BCUT2D eigenvalue weighted by Gasteiger charge is 2.27. The molecule has 1 fully saturated rings. The first kappa shape index (κ1) is 23.0. The Bertz CT molecular complexity index is 671. The number of nitrogens with zero attached hydrogens (tertiary/aromatic N) is 5. The first-order chi connectivity index (χ1) is 13.7. The fourth-order valence-electron chi connectivity index (χ4n) is 3.50. The molecule has 1 aliphatic rings. The van der Waals surface area contributed by atoms with Crippen LogP contribution in [0.3, 0.4) is 0 Å². The van der Waals surface area contributed by atoms with Gasteiger partial charge in [-0.05, 0) is 58.9 Å². The van der Waals surface area contributed by atoms with E-state index in [2.05, 4.69) is 20.3 Å². The first-order valence-corrected chi connectivity index (χ1v) is 10.6. The summed E-state index contributed by atoms with van der Waals surface area (Å²) in [6, 6.07) is 0. The lowest BCUT2D eigenvalue weighted by Gasteiger charge is -2.36. The fraction of sp³-hybridized carbons (Fsp3) is 0.762. The van der Waals surface area contributed by atoms with Gasteiger partial charge in [-0.25, -0.2) is 4.79 Å². The number of carbonyl (C=O) groups excluding carboxylic acids is 1. The third kappa shape index (κ3) is 7.59. The van der Waals surface area contributed by atoms with Gasteiger partial charge in [0.2, 0.25) is 0 Å². The van der Waals surface area contributed by atoms with E-state index in [0.29, 0.717) is 12.5 Å². The molecule has 2 heterocycles. The number of aromatic nitrogens is 2. The van der Waals surface area contributed by atoms with Crippen molar-refractivity contribution in [3.8, 4) is 0 Å². The van der Waals surface area contributed by atoms with Gasteiger partial charge in [-0.3, -0.25) is 9.67 Å². The van der Waals surface area contributed by atoms with Crippen LogP contribution in [0.1, 0.15) is 46.1 Å². The summed E-state index contributed by atoms with van der Waals surface area (Å²) in [5, 5.41) is 7.75. The van der Waals surface area contributed by atoms with Crippen LogP contribution in [-0.2, 0) is 11.3 Å². The zero-order valence-corrected chi connectivity index (χ0v) is 18.9. The molecule has 0 spiro atoms. The number of hydrogen-bond donors (Lipinski definition) is 1. The average Bonchev–Trinajstić information content (AvgIpc) is 3.07. The van der Waals surface area contributed by atoms with Crippen LogP contribution >= 0.6 is 0 Å². The Labute approximate surface area is 175 Å². The molecule has 1 N–H and O–H groups in total. The van der Waals surface area contributed by atoms with Crippen molar-refractivity contribution in [2.75, 3.05) is 39.8 Å². The second kappa shape index (κ2) is 10.5. The van der Waals surface area contributed by atoms with E-state index < -0.39 is 5.60 Å². The predicted octanol–water partition coefficient (Wildman–Crippen LogP) is 2.74. The van der Waals surface area contributed by atoms with Gasteiger partial charge in [-0.1, -0.05) is 0 Å². The van der Waals surface area contributed by atoms with Gasteiger partial charge >= 0.3 is 6.09 Å². The van der Waals surface area contributed by atoms with Crippen LogP contribution in [0.4, 0.5) is 4.79 Å². The summed E-state index contributed by atoms with van der Waals surface area (Å²) in [6.45, 7) is 14.7. The van der Waals surface area contributed by atoms with E-state index in [9.17, 15) is 4.79 Å². The molecule has 0 unspecified atom stereocenters. The van der Waals surface area contributed by atoms with E-state index >= 15 is 0 Å². The molecule has 8 nitrogen and oxygen atoms in total. The second-order valence-corrected chi connectivity index (χ2v) is 8.70. The maximum absolute atomic E-state index is 12.4. The number of hydrogen-bond acceptors (Lipinski definition) is 4. The van der Waals surface area contributed by atoms with E-state index in [-0.39, 0.29) is 6.09 Å². The number of aliphatic imine (C=N–C) groups is 1. The number of carbonyl (C=O) groups is 1. The highest BCUT2D eigenvalue weighted by atomic mass is 16.6. The lowest BCUT2D eigenvalue weighted by Crippen LogP contribution is -2.48. The quantitative estimate of drug-likeness (QED) is 0.581. The van der Waals surface area contributed by atoms with E-state index in [0.717, 1.165) is 51.5 Å². The van der Waals surface area contributed by atoms with Crippen LogP contribution in [0.15, 0.2) is 17.4 Å². The molecular formula is C21H38N6O2. The number of guanidine groups is 1. The largest absolute Gasteiger partial charge is 0.444 e. The molecule has 1 amide bonds. The van der Waals surface area contributed by atoms with E-state index in [1.807, 2.05) is 63.6 Å². The number of piperidine rings is 1. The maximum Gasteiger partial charge on any atom is 0.410 e. The minimum atomic E-state index is -0.457. The number of amides is 1. The Morgan fingerprint density at radius 2 is 2.07 bits per heavy atom. The number of ether oxygens (including phenoxy) is 1. The van der Waals surface area contributed by atoms with Crippen molar-refractivity contribution in [1.82, 2.24) is 24.9 Å². The van der Waals surface area contributed by atoms with Crippen LogP contribution < -0.4 is 5.32 Å². The Balaban J connectivity index is 1.76. The van der Waals surface area contributed by atoms with Crippen LogP contribution in [0.25, 0.3) is 0 Å². The Hall–Kier alpha value is -2.25. The number of rotatable bonds is 6. The zero-order valence-electron chi connectivity index (χ0n) is 18.9. The monoisotopic (exact) mass is 406 g/mol. The van der Waals surface area contributed by atoms with Crippen molar-refractivity contribution in [2.45, 2.75) is 59.6 Å². The molecule has 0 aromatic carbocycles. The van der Waals surface area contributed by atoms with Gasteiger partial charge in [0.05, 0.1) is 12.7 Å². The normalized spacial score (nSPS) is 16.1. The number of nitrogens with one attached hydrogen (secondary N) is 1. The van der Waals surface area contributed by atoms with Crippen LogP contribution in [0, 0.1) is 12.8 Å². The summed E-state index contributed by atoms with van der Waals surface area (Å²) >= 11 is 0. The minimum Gasteiger partial charge on any atom is -0.444 e. The molecule has 1 aliphatic heterocycles. The molecule has 0 saturated carbocycles. The van der Waals surface area contributed by atoms with Gasteiger partial charge in [0.15, 0.2) is 5.96 Å². The fourth-order valence-corrected chi connectivity index (χ4v) is 3.50. The van der Waals surface area contributed by atoms with Crippen LogP contribution in [0.2, 0.25) is 0 Å². The van der Waals surface area contributed by atoms with Crippen molar-refractivity contribution in [3.63, 3.8) is 0 Å². The minimum absolute atomic E-state index is 0.214. The van der Waals surface area contributed by atoms with Crippen molar-refractivity contribution in [2.24, 2.45) is 10.9 Å². The number of likely N-dealkylation sites (tertiary alicyclic amines) is 1. The van der Waals surface area contributed by atoms with Crippen LogP contribution in [0.5, 0.6) is 0 Å².